The van der Waals surface area contributed by atoms with Gasteiger partial charge in [0.2, 0.25) is 0 Å². The lowest BCUT2D eigenvalue weighted by Crippen LogP contribution is -2.50. The minimum absolute atomic E-state index is 0.0874. The van der Waals surface area contributed by atoms with E-state index < -0.39 is 5.63 Å². The fraction of sp³-hybridized carbons (Fsp3) is 0.308. The molecule has 1 amide bonds. The third-order valence-corrected chi connectivity index (χ3v) is 5.79. The Labute approximate surface area is 187 Å². The first kappa shape index (κ1) is 21.8. The van der Waals surface area contributed by atoms with Crippen molar-refractivity contribution in [1.29, 1.82) is 0 Å². The van der Waals surface area contributed by atoms with E-state index in [-0.39, 0.29) is 11.5 Å². The van der Waals surface area contributed by atoms with Gasteiger partial charge in [-0.25, -0.2) is 4.79 Å². The van der Waals surface area contributed by atoms with E-state index in [0.717, 1.165) is 36.3 Å². The van der Waals surface area contributed by atoms with Gasteiger partial charge in [-0.3, -0.25) is 9.69 Å². The average molecular weight is 433 g/mol. The van der Waals surface area contributed by atoms with Crippen LogP contribution in [0, 0.1) is 6.92 Å². The van der Waals surface area contributed by atoms with Gasteiger partial charge in [-0.2, -0.15) is 0 Å². The Morgan fingerprint density at radius 1 is 1.12 bits per heavy atom. The standard InChI is InChI=1S/C26H28N2O4/c1-3-5-20-6-4-7-21-18-23(26(30)32-24(20)21)25(29)28-14-12-27(13-15-28)16-17-31-22-10-8-19(2)9-11-22/h3-4,6-11,18H,1,5,12-17H2,2H3. The van der Waals surface area contributed by atoms with E-state index in [1.807, 2.05) is 49.4 Å². The van der Waals surface area contributed by atoms with Gasteiger partial charge in [0, 0.05) is 38.1 Å². The second-order valence-corrected chi connectivity index (χ2v) is 8.07. The number of amides is 1. The maximum absolute atomic E-state index is 13.0. The Balaban J connectivity index is 1.35. The summed E-state index contributed by atoms with van der Waals surface area (Å²) < 4.78 is 11.3. The Morgan fingerprint density at radius 2 is 1.88 bits per heavy atom. The van der Waals surface area contributed by atoms with Gasteiger partial charge in [0.25, 0.3) is 5.91 Å². The summed E-state index contributed by atoms with van der Waals surface area (Å²) in [6.45, 7) is 9.79. The van der Waals surface area contributed by atoms with Crippen LogP contribution in [0.1, 0.15) is 21.5 Å². The lowest BCUT2D eigenvalue weighted by Gasteiger charge is -2.34. The molecule has 1 aliphatic heterocycles. The molecular formula is C26H28N2O4. The molecule has 166 valence electrons. The number of nitrogens with zero attached hydrogens (tertiary/aromatic N) is 2. The highest BCUT2D eigenvalue weighted by Crippen LogP contribution is 2.20. The van der Waals surface area contributed by atoms with E-state index in [4.69, 9.17) is 9.15 Å². The molecule has 6 heteroatoms. The largest absolute Gasteiger partial charge is 0.492 e. The quantitative estimate of drug-likeness (QED) is 0.421. The number of rotatable bonds is 7. The normalized spacial score (nSPS) is 14.5. The monoisotopic (exact) mass is 432 g/mol. The number of benzene rings is 2. The number of fused-ring (bicyclic) bond motifs is 1. The third kappa shape index (κ3) is 4.92. The van der Waals surface area contributed by atoms with E-state index in [1.165, 1.54) is 5.56 Å². The number of carbonyl (C=O) groups excluding carboxylic acids is 1. The number of para-hydroxylation sites is 1. The maximum Gasteiger partial charge on any atom is 0.349 e. The molecule has 0 unspecified atom stereocenters. The molecule has 1 aliphatic rings. The number of hydrogen-bond donors (Lipinski definition) is 0. The molecular weight excluding hydrogens is 404 g/mol. The zero-order valence-electron chi connectivity index (χ0n) is 18.4. The van der Waals surface area contributed by atoms with Crippen LogP contribution < -0.4 is 10.4 Å². The van der Waals surface area contributed by atoms with Crippen molar-refractivity contribution in [2.45, 2.75) is 13.3 Å². The predicted molar refractivity (Wildman–Crippen MR) is 125 cm³/mol. The Morgan fingerprint density at radius 3 is 2.59 bits per heavy atom. The summed E-state index contributed by atoms with van der Waals surface area (Å²) in [5.41, 5.74) is 2.11. The second-order valence-electron chi connectivity index (χ2n) is 8.07. The number of carbonyl (C=O) groups is 1. The molecule has 0 N–H and O–H groups in total. The molecule has 32 heavy (non-hydrogen) atoms. The van der Waals surface area contributed by atoms with Crippen LogP contribution in [-0.2, 0) is 6.42 Å². The van der Waals surface area contributed by atoms with Crippen LogP contribution in [0.3, 0.4) is 0 Å². The van der Waals surface area contributed by atoms with Gasteiger partial charge in [0.15, 0.2) is 0 Å². The van der Waals surface area contributed by atoms with Crippen molar-refractivity contribution in [3.8, 4) is 5.75 Å². The molecule has 4 rings (SSSR count). The Bertz CT molecular complexity index is 1160. The molecule has 6 nitrogen and oxygen atoms in total. The van der Waals surface area contributed by atoms with E-state index >= 15 is 0 Å². The molecule has 0 saturated carbocycles. The first-order valence-electron chi connectivity index (χ1n) is 10.9. The van der Waals surface area contributed by atoms with E-state index in [1.54, 1.807) is 17.0 Å². The van der Waals surface area contributed by atoms with Crippen LogP contribution in [0.15, 0.2) is 70.4 Å². The SMILES string of the molecule is C=CCc1cccc2cc(C(=O)N3CCN(CCOc4ccc(C)cc4)CC3)c(=O)oc12. The molecule has 1 saturated heterocycles. The highest BCUT2D eigenvalue weighted by molar-refractivity contribution is 5.97. The Kier molecular flexibility index (Phi) is 6.71. The highest BCUT2D eigenvalue weighted by atomic mass is 16.5. The van der Waals surface area contributed by atoms with Crippen molar-refractivity contribution >= 4 is 16.9 Å². The fourth-order valence-electron chi connectivity index (χ4n) is 3.94. The van der Waals surface area contributed by atoms with Gasteiger partial charge in [-0.1, -0.05) is 42.0 Å². The van der Waals surface area contributed by atoms with Gasteiger partial charge in [0.1, 0.15) is 23.5 Å². The predicted octanol–water partition coefficient (Wildman–Crippen LogP) is 3.67. The van der Waals surface area contributed by atoms with Crippen molar-refractivity contribution in [3.63, 3.8) is 0 Å². The van der Waals surface area contributed by atoms with Gasteiger partial charge in [-0.15, -0.1) is 6.58 Å². The summed E-state index contributed by atoms with van der Waals surface area (Å²) >= 11 is 0. The number of aryl methyl sites for hydroxylation is 1. The lowest BCUT2D eigenvalue weighted by molar-refractivity contribution is 0.0616. The Hall–Kier alpha value is -3.38. The topological polar surface area (TPSA) is 63.0 Å². The van der Waals surface area contributed by atoms with Crippen LogP contribution in [0.4, 0.5) is 0 Å². The van der Waals surface area contributed by atoms with Crippen LogP contribution in [0.5, 0.6) is 5.75 Å². The molecule has 2 aromatic carbocycles. The molecule has 1 aromatic heterocycles. The van der Waals surface area contributed by atoms with E-state index in [2.05, 4.69) is 11.5 Å². The number of hydrogen-bond acceptors (Lipinski definition) is 5. The zero-order valence-corrected chi connectivity index (χ0v) is 18.4. The molecule has 2 heterocycles. The minimum Gasteiger partial charge on any atom is -0.492 e. The van der Waals surface area contributed by atoms with Crippen molar-refractivity contribution in [2.24, 2.45) is 0 Å². The fourth-order valence-corrected chi connectivity index (χ4v) is 3.94. The van der Waals surface area contributed by atoms with Gasteiger partial charge in [-0.05, 0) is 37.1 Å². The first-order chi connectivity index (χ1) is 15.5. The minimum atomic E-state index is -0.590. The molecule has 0 bridgehead atoms. The van der Waals surface area contributed by atoms with Crippen LogP contribution in [-0.4, -0.2) is 55.0 Å². The van der Waals surface area contributed by atoms with E-state index in [0.29, 0.717) is 31.7 Å². The van der Waals surface area contributed by atoms with Crippen molar-refractivity contribution < 1.29 is 13.9 Å². The first-order valence-corrected chi connectivity index (χ1v) is 10.9. The molecule has 0 radical (unpaired) electrons. The summed E-state index contributed by atoms with van der Waals surface area (Å²) in [4.78, 5) is 29.6. The van der Waals surface area contributed by atoms with Crippen LogP contribution in [0.2, 0.25) is 0 Å². The van der Waals surface area contributed by atoms with Crippen molar-refractivity contribution in [2.75, 3.05) is 39.3 Å². The molecule has 0 atom stereocenters. The van der Waals surface area contributed by atoms with Gasteiger partial charge in [0.05, 0.1) is 0 Å². The summed E-state index contributed by atoms with van der Waals surface area (Å²) in [5.74, 6) is 0.592. The zero-order chi connectivity index (χ0) is 22.5. The van der Waals surface area contributed by atoms with E-state index in [9.17, 15) is 9.59 Å². The van der Waals surface area contributed by atoms with Crippen LogP contribution in [0.25, 0.3) is 11.0 Å². The molecule has 0 aliphatic carbocycles. The summed E-state index contributed by atoms with van der Waals surface area (Å²) in [5, 5.41) is 0.749. The summed E-state index contributed by atoms with van der Waals surface area (Å²) in [6, 6.07) is 15.3. The maximum atomic E-state index is 13.0. The van der Waals surface area contributed by atoms with Gasteiger partial charge >= 0.3 is 5.63 Å². The molecule has 3 aromatic rings. The average Bonchev–Trinajstić information content (AvgIpc) is 2.81. The molecule has 1 fully saturated rings. The smallest absolute Gasteiger partial charge is 0.349 e. The second kappa shape index (κ2) is 9.83. The lowest BCUT2D eigenvalue weighted by atomic mass is 10.1. The number of piperazine rings is 1. The summed E-state index contributed by atoms with van der Waals surface area (Å²) in [6.07, 6.45) is 2.36. The van der Waals surface area contributed by atoms with Gasteiger partial charge < -0.3 is 14.1 Å². The highest BCUT2D eigenvalue weighted by Gasteiger charge is 2.25. The summed E-state index contributed by atoms with van der Waals surface area (Å²) in [7, 11) is 0. The third-order valence-electron chi connectivity index (χ3n) is 5.79. The van der Waals surface area contributed by atoms with Crippen molar-refractivity contribution in [1.82, 2.24) is 9.80 Å². The number of allylic oxidation sites excluding steroid dienone is 1. The number of ether oxygens (including phenoxy) is 1. The van der Waals surface area contributed by atoms with Crippen LogP contribution >= 0.6 is 0 Å². The molecule has 0 spiro atoms. The van der Waals surface area contributed by atoms with Crippen molar-refractivity contribution in [3.05, 3.63) is 88.3 Å².